The third-order valence-corrected chi connectivity index (χ3v) is 5.45. The molecule has 1 heterocycles. The van der Waals surface area contributed by atoms with Crippen LogP contribution in [0.5, 0.6) is 0 Å². The number of nitrogens with zero attached hydrogens (tertiary/aromatic N) is 1. The Morgan fingerprint density at radius 2 is 2.00 bits per heavy atom. The van der Waals surface area contributed by atoms with Crippen molar-refractivity contribution in [3.05, 3.63) is 0 Å². The number of aliphatic hydroxyl groups excluding tert-OH is 1. The summed E-state index contributed by atoms with van der Waals surface area (Å²) < 4.78 is 5.79. The Balaban J connectivity index is 1.56. The number of hydrogen-bond acceptors (Lipinski definition) is 3. The number of carbonyl (C=O) groups is 1. The van der Waals surface area contributed by atoms with Crippen LogP contribution in [0.1, 0.15) is 58.3 Å². The van der Waals surface area contributed by atoms with Gasteiger partial charge in [0.15, 0.2) is 0 Å². The van der Waals surface area contributed by atoms with Gasteiger partial charge in [0.2, 0.25) is 0 Å². The normalized spacial score (nSPS) is 22.0. The summed E-state index contributed by atoms with van der Waals surface area (Å²) >= 11 is 0. The van der Waals surface area contributed by atoms with Crippen molar-refractivity contribution < 1.29 is 14.6 Å². The third-order valence-electron chi connectivity index (χ3n) is 5.45. The van der Waals surface area contributed by atoms with Crippen molar-refractivity contribution in [3.63, 3.8) is 0 Å². The number of aliphatic hydroxyl groups is 1. The van der Waals surface area contributed by atoms with Crippen molar-refractivity contribution in [3.8, 4) is 0 Å². The monoisotopic (exact) mass is 312 g/mol. The molecule has 2 amide bonds. The topological polar surface area (TPSA) is 61.8 Å². The van der Waals surface area contributed by atoms with Crippen molar-refractivity contribution in [1.29, 1.82) is 0 Å². The lowest BCUT2D eigenvalue weighted by Crippen LogP contribution is -2.48. The van der Waals surface area contributed by atoms with E-state index in [0.29, 0.717) is 12.6 Å². The van der Waals surface area contributed by atoms with E-state index < -0.39 is 0 Å². The van der Waals surface area contributed by atoms with Crippen molar-refractivity contribution in [2.45, 2.75) is 64.4 Å². The number of nitrogens with one attached hydrogen (secondary N) is 1. The maximum Gasteiger partial charge on any atom is 0.317 e. The van der Waals surface area contributed by atoms with E-state index in [0.717, 1.165) is 45.4 Å². The van der Waals surface area contributed by atoms with Crippen molar-refractivity contribution in [1.82, 2.24) is 10.2 Å². The molecule has 0 aromatic carbocycles. The molecule has 1 aliphatic heterocycles. The van der Waals surface area contributed by atoms with Crippen LogP contribution in [0.2, 0.25) is 0 Å². The number of rotatable bonds is 7. The van der Waals surface area contributed by atoms with Crippen molar-refractivity contribution in [2.24, 2.45) is 5.41 Å². The largest absolute Gasteiger partial charge is 0.396 e. The lowest BCUT2D eigenvalue weighted by molar-refractivity contribution is 0.0501. The molecule has 2 fully saturated rings. The molecule has 2 aliphatic rings. The molecule has 0 aromatic heterocycles. The fourth-order valence-corrected chi connectivity index (χ4v) is 3.49. The van der Waals surface area contributed by atoms with Gasteiger partial charge in [-0.05, 0) is 43.9 Å². The summed E-state index contributed by atoms with van der Waals surface area (Å²) in [5.74, 6) is 0. The van der Waals surface area contributed by atoms with Crippen LogP contribution < -0.4 is 5.32 Å². The number of likely N-dealkylation sites (tertiary alicyclic amines) is 1. The van der Waals surface area contributed by atoms with Gasteiger partial charge in [-0.2, -0.15) is 0 Å². The van der Waals surface area contributed by atoms with Gasteiger partial charge in [0.1, 0.15) is 0 Å². The molecular formula is C17H32N2O3. The lowest BCUT2D eigenvalue weighted by Gasteiger charge is -2.40. The van der Waals surface area contributed by atoms with Gasteiger partial charge in [-0.1, -0.05) is 19.8 Å². The number of ether oxygens (including phenoxy) is 1. The van der Waals surface area contributed by atoms with E-state index >= 15 is 0 Å². The van der Waals surface area contributed by atoms with Crippen LogP contribution in [0.25, 0.3) is 0 Å². The molecule has 1 aliphatic carbocycles. The van der Waals surface area contributed by atoms with E-state index in [1.165, 1.54) is 25.7 Å². The third kappa shape index (κ3) is 4.85. The molecule has 0 unspecified atom stereocenters. The Bertz CT molecular complexity index is 329. The van der Waals surface area contributed by atoms with Crippen molar-refractivity contribution >= 4 is 6.03 Å². The quantitative estimate of drug-likeness (QED) is 0.710. The Morgan fingerprint density at radius 3 is 2.59 bits per heavy atom. The van der Waals surface area contributed by atoms with Crippen LogP contribution in [0.4, 0.5) is 4.79 Å². The van der Waals surface area contributed by atoms with Gasteiger partial charge in [0.05, 0.1) is 6.10 Å². The van der Waals surface area contributed by atoms with Crippen LogP contribution in [0.15, 0.2) is 0 Å². The highest BCUT2D eigenvalue weighted by Crippen LogP contribution is 2.34. The fourth-order valence-electron chi connectivity index (χ4n) is 3.49. The van der Waals surface area contributed by atoms with Crippen LogP contribution in [-0.4, -0.2) is 55.0 Å². The van der Waals surface area contributed by atoms with Crippen LogP contribution in [0, 0.1) is 5.41 Å². The maximum absolute atomic E-state index is 12.1. The molecule has 5 nitrogen and oxygen atoms in total. The van der Waals surface area contributed by atoms with Gasteiger partial charge >= 0.3 is 6.03 Å². The summed E-state index contributed by atoms with van der Waals surface area (Å²) in [6, 6.07) is 0.0310. The highest BCUT2D eigenvalue weighted by molar-refractivity contribution is 5.74. The molecule has 5 heteroatoms. The first-order chi connectivity index (χ1) is 10.7. The lowest BCUT2D eigenvalue weighted by atomic mass is 9.77. The highest BCUT2D eigenvalue weighted by atomic mass is 16.5. The van der Waals surface area contributed by atoms with Crippen molar-refractivity contribution in [2.75, 3.05) is 32.8 Å². The second-order valence-electron chi connectivity index (χ2n) is 6.86. The number of hydrogen-bond donors (Lipinski definition) is 2. The SMILES string of the molecule is CCC1(CO)CCN(C(=O)NCCCOC2CCCC2)CC1. The maximum atomic E-state index is 12.1. The summed E-state index contributed by atoms with van der Waals surface area (Å²) in [7, 11) is 0. The molecule has 0 atom stereocenters. The predicted molar refractivity (Wildman–Crippen MR) is 86.8 cm³/mol. The minimum Gasteiger partial charge on any atom is -0.396 e. The second kappa shape index (κ2) is 8.73. The summed E-state index contributed by atoms with van der Waals surface area (Å²) in [5.41, 5.74) is 0.0336. The molecule has 0 radical (unpaired) electrons. The first kappa shape index (κ1) is 17.5. The Kier molecular flexibility index (Phi) is 6.96. The zero-order valence-corrected chi connectivity index (χ0v) is 14.0. The molecule has 0 bridgehead atoms. The Hall–Kier alpha value is -0.810. The first-order valence-corrected chi connectivity index (χ1v) is 8.94. The Morgan fingerprint density at radius 1 is 1.32 bits per heavy atom. The van der Waals surface area contributed by atoms with E-state index in [9.17, 15) is 9.90 Å². The fraction of sp³-hybridized carbons (Fsp3) is 0.941. The zero-order valence-electron chi connectivity index (χ0n) is 14.0. The summed E-state index contributed by atoms with van der Waals surface area (Å²) in [5, 5.41) is 12.5. The van der Waals surface area contributed by atoms with Gasteiger partial charge in [0.25, 0.3) is 0 Å². The van der Waals surface area contributed by atoms with Crippen LogP contribution >= 0.6 is 0 Å². The predicted octanol–water partition coefficient (Wildman–Crippen LogP) is 2.53. The van der Waals surface area contributed by atoms with E-state index in [-0.39, 0.29) is 18.1 Å². The summed E-state index contributed by atoms with van der Waals surface area (Å²) in [4.78, 5) is 14.0. The molecule has 2 rings (SSSR count). The molecule has 128 valence electrons. The van der Waals surface area contributed by atoms with E-state index in [1.54, 1.807) is 0 Å². The van der Waals surface area contributed by atoms with Gasteiger partial charge in [-0.25, -0.2) is 4.79 Å². The minimum absolute atomic E-state index is 0.0310. The number of urea groups is 1. The van der Waals surface area contributed by atoms with E-state index in [1.807, 2.05) is 4.90 Å². The van der Waals surface area contributed by atoms with Gasteiger partial charge in [0, 0.05) is 32.8 Å². The smallest absolute Gasteiger partial charge is 0.317 e. The molecule has 1 saturated carbocycles. The van der Waals surface area contributed by atoms with Gasteiger partial charge in [-0.15, -0.1) is 0 Å². The van der Waals surface area contributed by atoms with Crippen LogP contribution in [-0.2, 0) is 4.74 Å². The van der Waals surface area contributed by atoms with E-state index in [4.69, 9.17) is 4.74 Å². The van der Waals surface area contributed by atoms with E-state index in [2.05, 4.69) is 12.2 Å². The molecular weight excluding hydrogens is 280 g/mol. The molecule has 22 heavy (non-hydrogen) atoms. The number of carbonyl (C=O) groups excluding carboxylic acids is 1. The zero-order chi connectivity index (χ0) is 15.8. The number of piperidine rings is 1. The molecule has 2 N–H and O–H groups in total. The minimum atomic E-state index is 0.0310. The standard InChI is InChI=1S/C17H32N2O3/c1-2-17(14-20)8-11-19(12-9-17)16(21)18-10-5-13-22-15-6-3-4-7-15/h15,20H,2-14H2,1H3,(H,18,21). The van der Waals surface area contributed by atoms with Gasteiger partial charge < -0.3 is 20.1 Å². The molecule has 0 aromatic rings. The summed E-state index contributed by atoms with van der Waals surface area (Å²) in [6.07, 6.45) is 9.11. The average Bonchev–Trinajstić information content (AvgIpc) is 3.08. The number of amides is 2. The van der Waals surface area contributed by atoms with Gasteiger partial charge in [-0.3, -0.25) is 0 Å². The second-order valence-corrected chi connectivity index (χ2v) is 6.86. The summed E-state index contributed by atoms with van der Waals surface area (Å²) in [6.45, 7) is 5.28. The average molecular weight is 312 g/mol. The molecule has 1 saturated heterocycles. The Labute approximate surface area is 134 Å². The first-order valence-electron chi connectivity index (χ1n) is 8.94. The molecule has 0 spiro atoms. The van der Waals surface area contributed by atoms with Crippen LogP contribution in [0.3, 0.4) is 0 Å². The highest BCUT2D eigenvalue weighted by Gasteiger charge is 2.33.